The Balaban J connectivity index is 1.90. The third kappa shape index (κ3) is 3.82. The first-order valence-corrected chi connectivity index (χ1v) is 7.14. The normalized spacial score (nSPS) is 14.6. The molecule has 0 aromatic heterocycles. The number of carbonyl (C=O) groups is 3. The van der Waals surface area contributed by atoms with E-state index in [-0.39, 0.29) is 18.2 Å². The molecule has 22 heavy (non-hydrogen) atoms. The lowest BCUT2D eigenvalue weighted by atomic mass is 10.1. The third-order valence-electron chi connectivity index (χ3n) is 3.66. The maximum atomic E-state index is 12.4. The number of nitrogens with two attached hydrogens (primary N) is 1. The molecule has 0 unspecified atom stereocenters. The van der Waals surface area contributed by atoms with E-state index < -0.39 is 5.91 Å². The molecule has 0 spiro atoms. The minimum absolute atomic E-state index is 0.0319. The number of nitrogens with one attached hydrogen (secondary N) is 1. The standard InChI is InChI=1S/C15H20N4O3/c1-11-3-2-4-12(9-11)15(22)19-7-5-18(6-8-19)14(21)10-13(20)17-16/h2-4,9H,5-8,10,16H2,1H3,(H,17,20). The van der Waals surface area contributed by atoms with E-state index in [9.17, 15) is 14.4 Å². The number of amides is 3. The van der Waals surface area contributed by atoms with Gasteiger partial charge in [0.15, 0.2) is 0 Å². The van der Waals surface area contributed by atoms with Gasteiger partial charge in [0.25, 0.3) is 5.91 Å². The lowest BCUT2D eigenvalue weighted by Crippen LogP contribution is -2.51. The number of hydrogen-bond donors (Lipinski definition) is 2. The maximum absolute atomic E-state index is 12.4. The van der Waals surface area contributed by atoms with Crippen molar-refractivity contribution in [2.75, 3.05) is 26.2 Å². The van der Waals surface area contributed by atoms with Gasteiger partial charge in [-0.2, -0.15) is 0 Å². The Morgan fingerprint density at radius 1 is 1.14 bits per heavy atom. The van der Waals surface area contributed by atoms with Gasteiger partial charge in [-0.1, -0.05) is 17.7 Å². The first kappa shape index (κ1) is 16.0. The molecular weight excluding hydrogens is 284 g/mol. The topological polar surface area (TPSA) is 95.7 Å². The van der Waals surface area contributed by atoms with Crippen LogP contribution in [0.25, 0.3) is 0 Å². The molecule has 0 atom stereocenters. The fraction of sp³-hybridized carbons (Fsp3) is 0.400. The van der Waals surface area contributed by atoms with Crippen molar-refractivity contribution in [3.05, 3.63) is 35.4 Å². The van der Waals surface area contributed by atoms with Gasteiger partial charge in [0.2, 0.25) is 11.8 Å². The molecule has 3 amide bonds. The fourth-order valence-corrected chi connectivity index (χ4v) is 2.42. The molecule has 1 aliphatic rings. The number of nitrogens with zero attached hydrogens (tertiary/aromatic N) is 2. The number of benzene rings is 1. The van der Waals surface area contributed by atoms with Crippen LogP contribution in [0.4, 0.5) is 0 Å². The largest absolute Gasteiger partial charge is 0.339 e. The van der Waals surface area contributed by atoms with Crippen molar-refractivity contribution in [3.63, 3.8) is 0 Å². The van der Waals surface area contributed by atoms with Gasteiger partial charge in [0, 0.05) is 31.7 Å². The first-order valence-electron chi connectivity index (χ1n) is 7.14. The van der Waals surface area contributed by atoms with Gasteiger partial charge in [0.1, 0.15) is 6.42 Å². The molecule has 1 heterocycles. The number of hydrogen-bond acceptors (Lipinski definition) is 4. The van der Waals surface area contributed by atoms with Gasteiger partial charge in [-0.15, -0.1) is 0 Å². The highest BCUT2D eigenvalue weighted by atomic mass is 16.2. The van der Waals surface area contributed by atoms with Crippen molar-refractivity contribution in [2.45, 2.75) is 13.3 Å². The van der Waals surface area contributed by atoms with Crippen molar-refractivity contribution in [3.8, 4) is 0 Å². The van der Waals surface area contributed by atoms with Crippen molar-refractivity contribution in [2.24, 2.45) is 5.84 Å². The first-order chi connectivity index (χ1) is 10.5. The van der Waals surface area contributed by atoms with Gasteiger partial charge in [-0.25, -0.2) is 5.84 Å². The van der Waals surface area contributed by atoms with E-state index >= 15 is 0 Å². The molecule has 1 aliphatic heterocycles. The third-order valence-corrected chi connectivity index (χ3v) is 3.66. The molecule has 0 saturated carbocycles. The Kier molecular flexibility index (Phi) is 5.11. The zero-order chi connectivity index (χ0) is 16.1. The summed E-state index contributed by atoms with van der Waals surface area (Å²) in [4.78, 5) is 38.7. The summed E-state index contributed by atoms with van der Waals surface area (Å²) in [6.45, 7) is 3.71. The zero-order valence-electron chi connectivity index (χ0n) is 12.5. The van der Waals surface area contributed by atoms with Crippen LogP contribution in [0.15, 0.2) is 24.3 Å². The molecule has 1 fully saturated rings. The van der Waals surface area contributed by atoms with Crippen LogP contribution in [0.2, 0.25) is 0 Å². The zero-order valence-corrected chi connectivity index (χ0v) is 12.5. The van der Waals surface area contributed by atoms with Gasteiger partial charge in [0.05, 0.1) is 0 Å². The number of aryl methyl sites for hydroxylation is 1. The molecule has 118 valence electrons. The van der Waals surface area contributed by atoms with E-state index in [0.29, 0.717) is 31.7 Å². The van der Waals surface area contributed by atoms with Crippen molar-refractivity contribution >= 4 is 17.7 Å². The Labute approximate surface area is 129 Å². The molecule has 2 rings (SSSR count). The van der Waals surface area contributed by atoms with E-state index in [0.717, 1.165) is 5.56 Å². The van der Waals surface area contributed by atoms with Crippen LogP contribution < -0.4 is 11.3 Å². The molecule has 7 heteroatoms. The van der Waals surface area contributed by atoms with Gasteiger partial charge in [-0.3, -0.25) is 19.8 Å². The van der Waals surface area contributed by atoms with Crippen LogP contribution in [0.5, 0.6) is 0 Å². The lowest BCUT2D eigenvalue weighted by Gasteiger charge is -2.34. The number of carbonyl (C=O) groups excluding carboxylic acids is 3. The van der Waals surface area contributed by atoms with Gasteiger partial charge in [-0.05, 0) is 19.1 Å². The minimum Gasteiger partial charge on any atom is -0.339 e. The Hall–Kier alpha value is -2.41. The summed E-state index contributed by atoms with van der Waals surface area (Å²) in [6, 6.07) is 7.44. The molecule has 1 saturated heterocycles. The fourth-order valence-electron chi connectivity index (χ4n) is 2.42. The Morgan fingerprint density at radius 2 is 1.77 bits per heavy atom. The summed E-state index contributed by atoms with van der Waals surface area (Å²) in [5.74, 6) is 4.15. The van der Waals surface area contributed by atoms with E-state index in [1.807, 2.05) is 30.5 Å². The number of piperazine rings is 1. The highest BCUT2D eigenvalue weighted by Crippen LogP contribution is 2.11. The predicted octanol–water partition coefficient (Wildman–Crippen LogP) is -0.341. The summed E-state index contributed by atoms with van der Waals surface area (Å²) < 4.78 is 0. The van der Waals surface area contributed by atoms with E-state index in [4.69, 9.17) is 5.84 Å². The average molecular weight is 304 g/mol. The van der Waals surface area contributed by atoms with Crippen LogP contribution in [0, 0.1) is 6.92 Å². The van der Waals surface area contributed by atoms with Crippen molar-refractivity contribution in [1.29, 1.82) is 0 Å². The number of rotatable bonds is 3. The van der Waals surface area contributed by atoms with Crippen molar-refractivity contribution < 1.29 is 14.4 Å². The summed E-state index contributed by atoms with van der Waals surface area (Å²) in [5, 5.41) is 0. The molecule has 0 radical (unpaired) electrons. The van der Waals surface area contributed by atoms with Gasteiger partial charge < -0.3 is 9.80 Å². The molecule has 7 nitrogen and oxygen atoms in total. The second-order valence-corrected chi connectivity index (χ2v) is 5.29. The second kappa shape index (κ2) is 7.04. The van der Waals surface area contributed by atoms with E-state index in [1.54, 1.807) is 15.9 Å². The highest BCUT2D eigenvalue weighted by Gasteiger charge is 2.25. The smallest absolute Gasteiger partial charge is 0.253 e. The van der Waals surface area contributed by atoms with Crippen LogP contribution in [0.3, 0.4) is 0 Å². The minimum atomic E-state index is -0.511. The quantitative estimate of drug-likeness (QED) is 0.345. The predicted molar refractivity (Wildman–Crippen MR) is 80.6 cm³/mol. The monoisotopic (exact) mass is 304 g/mol. The van der Waals surface area contributed by atoms with Crippen molar-refractivity contribution in [1.82, 2.24) is 15.2 Å². The summed E-state index contributed by atoms with van der Waals surface area (Å²) >= 11 is 0. The molecular formula is C15H20N4O3. The average Bonchev–Trinajstić information content (AvgIpc) is 2.54. The lowest BCUT2D eigenvalue weighted by molar-refractivity contribution is -0.137. The molecule has 0 bridgehead atoms. The Morgan fingerprint density at radius 3 is 2.36 bits per heavy atom. The summed E-state index contributed by atoms with van der Waals surface area (Å²) in [7, 11) is 0. The van der Waals surface area contributed by atoms with Crippen LogP contribution in [-0.4, -0.2) is 53.7 Å². The van der Waals surface area contributed by atoms with Crippen LogP contribution >= 0.6 is 0 Å². The molecule has 1 aromatic rings. The van der Waals surface area contributed by atoms with Crippen LogP contribution in [0.1, 0.15) is 22.3 Å². The SMILES string of the molecule is Cc1cccc(C(=O)N2CCN(C(=O)CC(=O)NN)CC2)c1. The molecule has 3 N–H and O–H groups in total. The van der Waals surface area contributed by atoms with Crippen LogP contribution in [-0.2, 0) is 9.59 Å². The maximum Gasteiger partial charge on any atom is 0.253 e. The Bertz CT molecular complexity index is 580. The van der Waals surface area contributed by atoms with E-state index in [2.05, 4.69) is 0 Å². The van der Waals surface area contributed by atoms with Gasteiger partial charge >= 0.3 is 0 Å². The number of hydrazine groups is 1. The molecule has 0 aliphatic carbocycles. The highest BCUT2D eigenvalue weighted by molar-refractivity contribution is 5.97. The summed E-state index contributed by atoms with van der Waals surface area (Å²) in [5.41, 5.74) is 3.63. The molecule has 1 aromatic carbocycles. The summed E-state index contributed by atoms with van der Waals surface area (Å²) in [6.07, 6.45) is -0.262. The van der Waals surface area contributed by atoms with E-state index in [1.165, 1.54) is 0 Å². The second-order valence-electron chi connectivity index (χ2n) is 5.29.